The summed E-state index contributed by atoms with van der Waals surface area (Å²) in [6, 6.07) is 2.91. The lowest BCUT2D eigenvalue weighted by molar-refractivity contribution is -0.221. The summed E-state index contributed by atoms with van der Waals surface area (Å²) < 4.78 is 50.2. The van der Waals surface area contributed by atoms with E-state index in [9.17, 15) is 24.3 Å². The van der Waals surface area contributed by atoms with Crippen molar-refractivity contribution in [3.05, 3.63) is 48.0 Å². The Hall–Kier alpha value is -3.23. The third-order valence-corrected chi connectivity index (χ3v) is 11.9. The second kappa shape index (κ2) is 13.0. The van der Waals surface area contributed by atoms with Crippen LogP contribution < -0.4 is 0 Å². The number of esters is 2. The number of allylic oxidation sites excluding steroid dienone is 4. The van der Waals surface area contributed by atoms with Crippen molar-refractivity contribution < 1.29 is 47.0 Å². The molecule has 0 spiro atoms. The van der Waals surface area contributed by atoms with Crippen LogP contribution in [0.2, 0.25) is 0 Å². The fourth-order valence-corrected chi connectivity index (χ4v) is 9.71. The van der Waals surface area contributed by atoms with Crippen LogP contribution in [0.5, 0.6) is 0 Å². The predicted octanol–water partition coefficient (Wildman–Crippen LogP) is 5.98. The first-order valence-electron chi connectivity index (χ1n) is 16.1. The summed E-state index contributed by atoms with van der Waals surface area (Å²) in [5.41, 5.74) is -7.08. The fourth-order valence-electron chi connectivity index (χ4n) is 8.72. The summed E-state index contributed by atoms with van der Waals surface area (Å²) in [6.45, 7) is 8.85. The first kappa shape index (κ1) is 35.1. The Kier molecular flexibility index (Phi) is 9.70. The highest BCUT2D eigenvalue weighted by Crippen LogP contribution is 2.72. The molecule has 8 nitrogen and oxygen atoms in total. The molecule has 0 amide bonds. The van der Waals surface area contributed by atoms with E-state index in [0.29, 0.717) is 12.3 Å². The van der Waals surface area contributed by atoms with E-state index in [1.165, 1.54) is 37.5 Å². The maximum absolute atomic E-state index is 17.7. The molecule has 1 heterocycles. The van der Waals surface area contributed by atoms with E-state index < -0.39 is 69.0 Å². The van der Waals surface area contributed by atoms with Crippen LogP contribution in [0.1, 0.15) is 77.3 Å². The van der Waals surface area contributed by atoms with Crippen molar-refractivity contribution in [2.24, 2.45) is 34.5 Å². The monoisotopic (exact) mass is 672 g/mol. The van der Waals surface area contributed by atoms with Gasteiger partial charge in [-0.1, -0.05) is 57.4 Å². The van der Waals surface area contributed by atoms with Crippen molar-refractivity contribution in [3.63, 3.8) is 0 Å². The average molecular weight is 673 g/mol. The minimum atomic E-state index is -2.35. The zero-order valence-electron chi connectivity index (χ0n) is 27.3. The van der Waals surface area contributed by atoms with Crippen LogP contribution in [-0.2, 0) is 23.9 Å². The first-order valence-corrected chi connectivity index (χ1v) is 17.1. The number of fused-ring (bicyclic) bond motifs is 5. The number of carbonyl (C=O) groups is 4. The summed E-state index contributed by atoms with van der Waals surface area (Å²) in [4.78, 5) is 51.9. The van der Waals surface area contributed by atoms with Gasteiger partial charge in [-0.25, -0.2) is 13.6 Å². The number of ether oxygens (including phenoxy) is 2. The van der Waals surface area contributed by atoms with E-state index in [0.717, 1.165) is 17.8 Å². The lowest BCUT2D eigenvalue weighted by atomic mass is 9.44. The highest BCUT2D eigenvalue weighted by molar-refractivity contribution is 8.14. The molecule has 4 aliphatic rings. The molecule has 3 saturated carbocycles. The van der Waals surface area contributed by atoms with E-state index in [4.69, 9.17) is 13.9 Å². The maximum Gasteiger partial charge on any atom is 0.375 e. The van der Waals surface area contributed by atoms with Crippen molar-refractivity contribution >= 4 is 34.6 Å². The SMILES string of the molecule is CC(C)CCC(=O)OCC#CCSC(=O)[C@]1(OC(=O)c2ccco2)[C@H](C)C[C@H]2[C@@H]3C[C@H](F)C4=CC(=O)C=C[C@]4(C)[C@@]3(F)[C@@H](O)C[C@@]21C. The summed E-state index contributed by atoms with van der Waals surface area (Å²) in [5.74, 6) is 1.73. The largest absolute Gasteiger partial charge is 0.457 e. The molecule has 254 valence electrons. The van der Waals surface area contributed by atoms with Gasteiger partial charge in [0.25, 0.3) is 0 Å². The van der Waals surface area contributed by atoms with Crippen LogP contribution in [0.4, 0.5) is 8.78 Å². The minimum Gasteiger partial charge on any atom is -0.457 e. The number of aliphatic hydroxyl groups is 1. The normalized spacial score (nSPS) is 37.2. The smallest absolute Gasteiger partial charge is 0.375 e. The Balaban J connectivity index is 1.45. The molecule has 1 N–H and O–H groups in total. The van der Waals surface area contributed by atoms with E-state index >= 15 is 8.78 Å². The second-order valence-electron chi connectivity index (χ2n) is 14.1. The molecule has 0 bridgehead atoms. The van der Waals surface area contributed by atoms with Crippen molar-refractivity contribution in [2.75, 3.05) is 12.4 Å². The lowest BCUT2D eigenvalue weighted by Crippen LogP contribution is -2.70. The van der Waals surface area contributed by atoms with Crippen molar-refractivity contribution in [1.82, 2.24) is 0 Å². The molecule has 47 heavy (non-hydrogen) atoms. The van der Waals surface area contributed by atoms with Crippen molar-refractivity contribution in [2.45, 2.75) is 90.3 Å². The van der Waals surface area contributed by atoms with E-state index in [-0.39, 0.29) is 55.3 Å². The van der Waals surface area contributed by atoms with Gasteiger partial charge in [-0.15, -0.1) is 0 Å². The van der Waals surface area contributed by atoms with Crippen LogP contribution in [0.3, 0.4) is 0 Å². The molecule has 0 aliphatic heterocycles. The number of alkyl halides is 2. The van der Waals surface area contributed by atoms with Crippen molar-refractivity contribution in [1.29, 1.82) is 0 Å². The van der Waals surface area contributed by atoms with Crippen LogP contribution in [0.15, 0.2) is 46.6 Å². The molecule has 4 aliphatic carbocycles. The zero-order valence-corrected chi connectivity index (χ0v) is 28.2. The number of rotatable bonds is 8. The molecule has 1 aromatic heterocycles. The molecule has 11 heteroatoms. The molecule has 0 unspecified atom stereocenters. The van der Waals surface area contributed by atoms with Crippen LogP contribution in [0.25, 0.3) is 0 Å². The Labute approximate surface area is 278 Å². The predicted molar refractivity (Wildman–Crippen MR) is 170 cm³/mol. The van der Waals surface area contributed by atoms with Gasteiger partial charge in [-0.05, 0) is 74.3 Å². The van der Waals surface area contributed by atoms with Crippen LogP contribution >= 0.6 is 11.8 Å². The van der Waals surface area contributed by atoms with Gasteiger partial charge in [-0.2, -0.15) is 0 Å². The number of carbonyl (C=O) groups excluding carboxylic acids is 4. The van der Waals surface area contributed by atoms with Crippen molar-refractivity contribution in [3.8, 4) is 11.8 Å². The molecular weight excluding hydrogens is 630 g/mol. The Bertz CT molecular complexity index is 1540. The third-order valence-electron chi connectivity index (χ3n) is 11.1. The van der Waals surface area contributed by atoms with Crippen LogP contribution in [0, 0.1) is 46.3 Å². The van der Waals surface area contributed by atoms with Gasteiger partial charge < -0.3 is 19.0 Å². The molecular formula is C36H42F2O8S. The van der Waals surface area contributed by atoms with Crippen LogP contribution in [-0.4, -0.2) is 63.8 Å². The number of thioether (sulfide) groups is 1. The standard InChI is InChI=1S/C36H42F2O8S/c1-21(2)10-11-30(41)45-14-6-7-16-47-32(43)36(46-31(42)28-9-8-15-44-28)22(3)17-24-25-19-27(37)26-18-23(39)12-13-33(26,4)35(25,38)29(40)20-34(24,36)5/h8-9,12-13,15,18,21-22,24-25,27,29,40H,10-11,14,16-17,19-20H2,1-5H3/t22-,24+,25+,27+,29+,33+,34+,35+,36-/m1/s1. The summed E-state index contributed by atoms with van der Waals surface area (Å²) in [7, 11) is 0. The number of hydrogen-bond donors (Lipinski definition) is 1. The molecule has 0 radical (unpaired) electrons. The van der Waals surface area contributed by atoms with E-state index in [2.05, 4.69) is 11.8 Å². The molecule has 0 aromatic carbocycles. The maximum atomic E-state index is 17.7. The van der Waals surface area contributed by atoms with Gasteiger partial charge in [0.15, 0.2) is 23.7 Å². The average Bonchev–Trinajstić information content (AvgIpc) is 3.63. The Morgan fingerprint density at radius 1 is 1.19 bits per heavy atom. The van der Waals surface area contributed by atoms with Gasteiger partial charge >= 0.3 is 11.9 Å². The summed E-state index contributed by atoms with van der Waals surface area (Å²) in [6.07, 6.45) is 2.33. The van der Waals surface area contributed by atoms with Gasteiger partial charge in [0, 0.05) is 29.1 Å². The zero-order chi connectivity index (χ0) is 34.4. The van der Waals surface area contributed by atoms with E-state index in [1.54, 1.807) is 13.8 Å². The molecule has 1 aromatic rings. The fraction of sp³-hybridized carbons (Fsp3) is 0.611. The lowest BCUT2D eigenvalue weighted by Gasteiger charge is -2.63. The van der Waals surface area contributed by atoms with Gasteiger partial charge in [0.05, 0.1) is 18.1 Å². The van der Waals surface area contributed by atoms with Gasteiger partial charge in [0.1, 0.15) is 6.17 Å². The summed E-state index contributed by atoms with van der Waals surface area (Å²) >= 11 is 0.823. The highest BCUT2D eigenvalue weighted by atomic mass is 32.2. The number of aliphatic hydroxyl groups excluding tert-OH is 1. The topological polar surface area (TPSA) is 120 Å². The Morgan fingerprint density at radius 2 is 1.94 bits per heavy atom. The molecule has 0 saturated heterocycles. The van der Waals surface area contributed by atoms with E-state index in [1.807, 2.05) is 13.8 Å². The number of hydrogen-bond acceptors (Lipinski definition) is 9. The second-order valence-corrected chi connectivity index (χ2v) is 15.1. The molecule has 9 atom stereocenters. The number of halogens is 2. The number of furan rings is 1. The highest BCUT2D eigenvalue weighted by Gasteiger charge is 2.78. The molecule has 3 fully saturated rings. The number of ketones is 1. The Morgan fingerprint density at radius 3 is 2.62 bits per heavy atom. The molecule has 5 rings (SSSR count). The minimum absolute atomic E-state index is 0.00349. The first-order chi connectivity index (χ1) is 22.1. The quantitative estimate of drug-likeness (QED) is 0.263. The third kappa shape index (κ3) is 5.69. The van der Waals surface area contributed by atoms with Gasteiger partial charge in [0.2, 0.25) is 10.9 Å². The van der Waals surface area contributed by atoms with Gasteiger partial charge in [-0.3, -0.25) is 14.4 Å². The summed E-state index contributed by atoms with van der Waals surface area (Å²) in [5, 5.41) is 11.2.